The van der Waals surface area contributed by atoms with Gasteiger partial charge < -0.3 is 0 Å². The normalized spacial score (nSPS) is 13.1. The van der Waals surface area contributed by atoms with Crippen molar-refractivity contribution in [1.29, 1.82) is 0 Å². The molecule has 1 aliphatic carbocycles. The van der Waals surface area contributed by atoms with E-state index in [4.69, 9.17) is 0 Å². The van der Waals surface area contributed by atoms with Crippen LogP contribution < -0.4 is 0 Å². The molecule has 0 fully saturated rings. The SMILES string of the molecule is C1=CCC(c2c3ccccc3c(-c3ccccc3)c3c4ccc(c5ccccc5ccc5ccccc5ccc5ccccc54)c23)=CCC1. The molecule has 0 radical (unpaired) electrons. The van der Waals surface area contributed by atoms with Gasteiger partial charge in [-0.25, -0.2) is 0 Å². The van der Waals surface area contributed by atoms with Gasteiger partial charge in [-0.3, -0.25) is 0 Å². The number of fused-ring (bicyclic) bond motifs is 4. The Hall–Kier alpha value is -5.98. The Morgan fingerprint density at radius 2 is 0.776 bits per heavy atom. The van der Waals surface area contributed by atoms with E-state index in [9.17, 15) is 0 Å². The first-order valence-electron chi connectivity index (χ1n) is 17.4. The minimum atomic E-state index is 0.922. The van der Waals surface area contributed by atoms with Gasteiger partial charge in [0.1, 0.15) is 0 Å². The van der Waals surface area contributed by atoms with Gasteiger partial charge in [0, 0.05) is 0 Å². The van der Waals surface area contributed by atoms with Crippen molar-refractivity contribution in [1.82, 2.24) is 0 Å². The van der Waals surface area contributed by atoms with E-state index in [0.29, 0.717) is 0 Å². The molecule has 10 rings (SSSR count). The van der Waals surface area contributed by atoms with E-state index in [-0.39, 0.29) is 0 Å². The molecule has 0 atom stereocenters. The molecule has 49 heavy (non-hydrogen) atoms. The number of hydrogen-bond donors (Lipinski definition) is 0. The summed E-state index contributed by atoms with van der Waals surface area (Å²) in [7, 11) is 0. The van der Waals surface area contributed by atoms with Crippen molar-refractivity contribution < 1.29 is 0 Å². The second-order valence-electron chi connectivity index (χ2n) is 13.0. The molecule has 232 valence electrons. The largest absolute Gasteiger partial charge is 0.0879 e. The predicted octanol–water partition coefficient (Wildman–Crippen LogP) is 14.1. The Balaban J connectivity index is 1.66. The molecule has 0 nitrogen and oxygen atoms in total. The van der Waals surface area contributed by atoms with Crippen molar-refractivity contribution in [3.63, 3.8) is 0 Å². The van der Waals surface area contributed by atoms with Gasteiger partial charge in [0.15, 0.2) is 0 Å². The Kier molecular flexibility index (Phi) is 7.48. The maximum atomic E-state index is 2.50. The summed E-state index contributed by atoms with van der Waals surface area (Å²) >= 11 is 0. The molecule has 0 N–H and O–H groups in total. The molecule has 0 amide bonds. The van der Waals surface area contributed by atoms with Crippen LogP contribution in [0, 0.1) is 0 Å². The summed E-state index contributed by atoms with van der Waals surface area (Å²) in [6, 6.07) is 60.5. The molecule has 9 aromatic carbocycles. The highest BCUT2D eigenvalue weighted by Gasteiger charge is 2.21. The first kappa shape index (κ1) is 29.2. The van der Waals surface area contributed by atoms with Crippen LogP contribution in [0.3, 0.4) is 0 Å². The minimum absolute atomic E-state index is 0.922. The van der Waals surface area contributed by atoms with Gasteiger partial charge in [0.2, 0.25) is 0 Å². The van der Waals surface area contributed by atoms with E-state index in [2.05, 4.69) is 182 Å². The standard InChI is InChI=1S/C49H36/c1-2-5-21-38(20-4-1)46-42-26-14-15-27-43(42)47(39-22-6-3-7-23-39)49-45-33-32-44(48(46)49)40-24-12-10-18-36(40)30-28-34-16-8-9-17-35(34)29-31-37-19-11-13-25-41(37)45/h1,3-4,6-19,21-33H,2,5,20H2. The maximum absolute atomic E-state index is 2.50. The second kappa shape index (κ2) is 12.6. The summed E-state index contributed by atoms with van der Waals surface area (Å²) < 4.78 is 0. The first-order chi connectivity index (χ1) is 24.3. The quantitative estimate of drug-likeness (QED) is 0.133. The van der Waals surface area contributed by atoms with Crippen LogP contribution in [0.4, 0.5) is 0 Å². The monoisotopic (exact) mass is 624 g/mol. The minimum Gasteiger partial charge on any atom is -0.0879 e. The van der Waals surface area contributed by atoms with Crippen molar-refractivity contribution in [3.05, 3.63) is 188 Å². The molecule has 0 heterocycles. The Morgan fingerprint density at radius 1 is 0.306 bits per heavy atom. The van der Waals surface area contributed by atoms with Gasteiger partial charge in [0.25, 0.3) is 0 Å². The zero-order valence-electron chi connectivity index (χ0n) is 27.4. The van der Waals surface area contributed by atoms with Crippen molar-refractivity contribution in [2.45, 2.75) is 19.3 Å². The molecule has 0 heteroatoms. The zero-order valence-corrected chi connectivity index (χ0v) is 27.4. The fourth-order valence-corrected chi connectivity index (χ4v) is 7.92. The molecule has 0 aliphatic heterocycles. The molecular formula is C49H36. The number of hydrogen-bond acceptors (Lipinski definition) is 0. The third-order valence-electron chi connectivity index (χ3n) is 10.2. The molecule has 9 aromatic rings. The van der Waals surface area contributed by atoms with E-state index in [1.165, 1.54) is 86.9 Å². The van der Waals surface area contributed by atoms with Crippen LogP contribution in [0.15, 0.2) is 182 Å². The van der Waals surface area contributed by atoms with Gasteiger partial charge in [-0.2, -0.15) is 0 Å². The lowest BCUT2D eigenvalue weighted by atomic mass is 9.81. The number of allylic oxidation sites excluding steroid dienone is 4. The van der Waals surface area contributed by atoms with Gasteiger partial charge in [0.05, 0.1) is 0 Å². The maximum Gasteiger partial charge on any atom is -0.000776 e. The van der Waals surface area contributed by atoms with Gasteiger partial charge in [-0.15, -0.1) is 0 Å². The lowest BCUT2D eigenvalue weighted by Crippen LogP contribution is -1.95. The Bertz CT molecular complexity index is 2730. The second-order valence-corrected chi connectivity index (χ2v) is 13.0. The van der Waals surface area contributed by atoms with Crippen molar-refractivity contribution >= 4 is 70.2 Å². The third-order valence-corrected chi connectivity index (χ3v) is 10.2. The van der Waals surface area contributed by atoms with Crippen molar-refractivity contribution in [2.24, 2.45) is 0 Å². The van der Waals surface area contributed by atoms with Crippen LogP contribution in [-0.2, 0) is 0 Å². The average molecular weight is 625 g/mol. The van der Waals surface area contributed by atoms with E-state index in [1.807, 2.05) is 0 Å². The zero-order chi connectivity index (χ0) is 32.6. The molecule has 0 aromatic heterocycles. The summed E-state index contributed by atoms with van der Waals surface area (Å²) in [5, 5.41) is 15.1. The summed E-state index contributed by atoms with van der Waals surface area (Å²) in [5.41, 5.74) is 5.29. The lowest BCUT2D eigenvalue weighted by molar-refractivity contribution is 1.06. The van der Waals surface area contributed by atoms with E-state index >= 15 is 0 Å². The summed E-state index contributed by atoms with van der Waals surface area (Å²) in [4.78, 5) is 0. The highest BCUT2D eigenvalue weighted by molar-refractivity contribution is 6.32. The van der Waals surface area contributed by atoms with Crippen LogP contribution >= 0.6 is 0 Å². The van der Waals surface area contributed by atoms with Crippen LogP contribution in [0.2, 0.25) is 0 Å². The topological polar surface area (TPSA) is 0 Å². The van der Waals surface area contributed by atoms with E-state index < -0.39 is 0 Å². The highest BCUT2D eigenvalue weighted by Crippen LogP contribution is 2.47. The summed E-state index contributed by atoms with van der Waals surface area (Å²) in [5.74, 6) is 0. The van der Waals surface area contributed by atoms with Crippen LogP contribution in [-0.4, -0.2) is 0 Å². The Labute approximate surface area is 287 Å². The van der Waals surface area contributed by atoms with Gasteiger partial charge in [-0.05, 0) is 106 Å². The molecule has 0 saturated heterocycles. The van der Waals surface area contributed by atoms with Crippen LogP contribution in [0.5, 0.6) is 0 Å². The number of benzene rings is 7. The van der Waals surface area contributed by atoms with Crippen LogP contribution in [0.25, 0.3) is 81.3 Å². The van der Waals surface area contributed by atoms with Gasteiger partial charge >= 0.3 is 0 Å². The molecule has 2 bridgehead atoms. The fourth-order valence-electron chi connectivity index (χ4n) is 7.92. The highest BCUT2D eigenvalue weighted by atomic mass is 14.2. The summed E-state index contributed by atoms with van der Waals surface area (Å²) in [6.07, 6.45) is 10.3. The van der Waals surface area contributed by atoms with Crippen LogP contribution in [0.1, 0.15) is 24.8 Å². The molecule has 0 spiro atoms. The first-order valence-corrected chi connectivity index (χ1v) is 17.4. The van der Waals surface area contributed by atoms with Crippen molar-refractivity contribution in [3.8, 4) is 11.1 Å². The smallest absolute Gasteiger partial charge is 0.000776 e. The average Bonchev–Trinajstić information content (AvgIpc) is 3.45. The predicted molar refractivity (Wildman–Crippen MR) is 214 cm³/mol. The number of rotatable bonds is 2. The molecule has 1 aliphatic rings. The lowest BCUT2D eigenvalue weighted by Gasteiger charge is -2.21. The van der Waals surface area contributed by atoms with E-state index in [1.54, 1.807) is 0 Å². The fraction of sp³-hybridized carbons (Fsp3) is 0.0612. The van der Waals surface area contributed by atoms with Gasteiger partial charge in [-0.1, -0.05) is 182 Å². The van der Waals surface area contributed by atoms with E-state index in [0.717, 1.165) is 19.3 Å². The Morgan fingerprint density at radius 3 is 1.39 bits per heavy atom. The molecular weight excluding hydrogens is 589 g/mol. The summed E-state index contributed by atoms with van der Waals surface area (Å²) in [6.45, 7) is 0. The molecule has 0 unspecified atom stereocenters. The molecule has 0 saturated carbocycles. The third kappa shape index (κ3) is 5.18. The van der Waals surface area contributed by atoms with Crippen molar-refractivity contribution in [2.75, 3.05) is 0 Å².